The molecule has 7 heteroatoms. The Labute approximate surface area is 167 Å². The highest BCUT2D eigenvalue weighted by atomic mass is 32.2. The first-order valence-corrected chi connectivity index (χ1v) is 12.2. The zero-order chi connectivity index (χ0) is 20.1. The third-order valence-electron chi connectivity index (χ3n) is 5.74. The largest absolute Gasteiger partial charge is 0.340 e. The highest BCUT2D eigenvalue weighted by Crippen LogP contribution is 2.23. The third kappa shape index (κ3) is 5.88. The first-order chi connectivity index (χ1) is 13.3. The van der Waals surface area contributed by atoms with Gasteiger partial charge >= 0.3 is 0 Å². The molecule has 154 valence electrons. The van der Waals surface area contributed by atoms with E-state index < -0.39 is 9.84 Å². The van der Waals surface area contributed by atoms with Gasteiger partial charge in [-0.2, -0.15) is 0 Å². The van der Waals surface area contributed by atoms with Crippen molar-refractivity contribution in [3.8, 4) is 0 Å². The summed E-state index contributed by atoms with van der Waals surface area (Å²) < 4.78 is 22.5. The van der Waals surface area contributed by atoms with Gasteiger partial charge in [0.25, 0.3) is 0 Å². The van der Waals surface area contributed by atoms with E-state index in [0.29, 0.717) is 32.7 Å². The number of hydrogen-bond donors (Lipinski definition) is 0. The monoisotopic (exact) mass is 406 g/mol. The summed E-state index contributed by atoms with van der Waals surface area (Å²) in [4.78, 5) is 28.8. The fourth-order valence-electron chi connectivity index (χ4n) is 3.95. The molecule has 1 heterocycles. The molecule has 2 aliphatic rings. The molecule has 28 heavy (non-hydrogen) atoms. The molecular weight excluding hydrogens is 376 g/mol. The summed E-state index contributed by atoms with van der Waals surface area (Å²) in [5.74, 6) is 0.193. The number of aryl methyl sites for hydroxylation is 2. The van der Waals surface area contributed by atoms with E-state index in [1.807, 2.05) is 12.1 Å². The molecule has 0 spiro atoms. The number of sulfone groups is 1. The van der Waals surface area contributed by atoms with Crippen LogP contribution in [0.1, 0.15) is 47.2 Å². The maximum atomic E-state index is 12.5. The van der Waals surface area contributed by atoms with Crippen LogP contribution in [0, 0.1) is 0 Å². The Morgan fingerprint density at radius 3 is 2.32 bits per heavy atom. The molecule has 1 aromatic carbocycles. The molecule has 0 saturated carbocycles. The number of rotatable bonds is 7. The average molecular weight is 407 g/mol. The lowest BCUT2D eigenvalue weighted by Crippen LogP contribution is -2.49. The Morgan fingerprint density at radius 1 is 0.964 bits per heavy atom. The second kappa shape index (κ2) is 9.18. The number of carbonyl (C=O) groups excluding carboxylic acids is 2. The number of fused-ring (bicyclic) bond motifs is 1. The summed E-state index contributed by atoms with van der Waals surface area (Å²) in [5.41, 5.74) is 3.36. The van der Waals surface area contributed by atoms with Crippen LogP contribution in [0.2, 0.25) is 0 Å². The molecule has 0 aromatic heterocycles. The molecule has 1 aliphatic heterocycles. The number of piperazine rings is 1. The first-order valence-electron chi connectivity index (χ1n) is 10.1. The summed E-state index contributed by atoms with van der Waals surface area (Å²) in [7, 11) is -2.96. The summed E-state index contributed by atoms with van der Waals surface area (Å²) in [6, 6.07) is 5.98. The van der Waals surface area contributed by atoms with Gasteiger partial charge in [0.05, 0.1) is 5.75 Å². The predicted octanol–water partition coefficient (Wildman–Crippen LogP) is 1.72. The van der Waals surface area contributed by atoms with Gasteiger partial charge in [-0.05, 0) is 42.9 Å². The maximum Gasteiger partial charge on any atom is 0.223 e. The minimum Gasteiger partial charge on any atom is -0.340 e. The van der Waals surface area contributed by atoms with Gasteiger partial charge in [0.2, 0.25) is 5.91 Å². The standard InChI is InChI=1S/C21H30N2O4S/c1-28(26,27)15-14-22-10-12-23(13-11-22)21(25)9-8-20(24)19-7-6-17-4-2-3-5-18(17)16-19/h6-7,16H,2-5,8-15H2,1H3. The van der Waals surface area contributed by atoms with E-state index in [9.17, 15) is 18.0 Å². The molecule has 0 radical (unpaired) electrons. The Kier molecular flexibility index (Phi) is 6.88. The van der Waals surface area contributed by atoms with Crippen LogP contribution in [0.15, 0.2) is 18.2 Å². The number of nitrogens with zero attached hydrogens (tertiary/aromatic N) is 2. The Bertz CT molecular complexity index is 827. The zero-order valence-corrected chi connectivity index (χ0v) is 17.5. The number of amides is 1. The molecule has 1 amide bonds. The van der Waals surface area contributed by atoms with Gasteiger partial charge in [-0.25, -0.2) is 8.42 Å². The number of ketones is 1. The predicted molar refractivity (Wildman–Crippen MR) is 109 cm³/mol. The van der Waals surface area contributed by atoms with Gasteiger partial charge in [-0.3, -0.25) is 14.5 Å². The molecule has 1 aromatic rings. The van der Waals surface area contributed by atoms with Crippen molar-refractivity contribution in [2.24, 2.45) is 0 Å². The Balaban J connectivity index is 1.44. The lowest BCUT2D eigenvalue weighted by molar-refractivity contribution is -0.132. The van der Waals surface area contributed by atoms with Crippen molar-refractivity contribution >= 4 is 21.5 Å². The first kappa shape index (κ1) is 21.0. The second-order valence-corrected chi connectivity index (χ2v) is 10.2. The van der Waals surface area contributed by atoms with E-state index in [2.05, 4.69) is 11.0 Å². The minimum atomic E-state index is -2.96. The molecule has 3 rings (SSSR count). The molecule has 0 N–H and O–H groups in total. The van der Waals surface area contributed by atoms with E-state index in [1.165, 1.54) is 30.2 Å². The number of benzene rings is 1. The summed E-state index contributed by atoms with van der Waals surface area (Å²) >= 11 is 0. The van der Waals surface area contributed by atoms with Crippen molar-refractivity contribution in [1.82, 2.24) is 9.80 Å². The van der Waals surface area contributed by atoms with Crippen molar-refractivity contribution in [2.75, 3.05) is 44.7 Å². The van der Waals surface area contributed by atoms with E-state index in [0.717, 1.165) is 18.4 Å². The number of carbonyl (C=O) groups is 2. The maximum absolute atomic E-state index is 12.5. The van der Waals surface area contributed by atoms with Crippen LogP contribution >= 0.6 is 0 Å². The van der Waals surface area contributed by atoms with Gasteiger partial charge < -0.3 is 4.90 Å². The minimum absolute atomic E-state index is 0.00840. The van der Waals surface area contributed by atoms with Crippen LogP contribution in [0.3, 0.4) is 0 Å². The van der Waals surface area contributed by atoms with Crippen LogP contribution in [-0.4, -0.2) is 74.6 Å². The van der Waals surface area contributed by atoms with Gasteiger partial charge in [0.15, 0.2) is 5.78 Å². The van der Waals surface area contributed by atoms with Gasteiger partial charge in [0.1, 0.15) is 9.84 Å². The fourth-order valence-corrected chi connectivity index (χ4v) is 4.54. The van der Waals surface area contributed by atoms with E-state index in [-0.39, 0.29) is 30.3 Å². The van der Waals surface area contributed by atoms with Crippen LogP contribution in [0.4, 0.5) is 0 Å². The van der Waals surface area contributed by atoms with E-state index in [1.54, 1.807) is 4.90 Å². The molecule has 1 saturated heterocycles. The summed E-state index contributed by atoms with van der Waals surface area (Å²) in [6.07, 6.45) is 6.25. The molecule has 0 unspecified atom stereocenters. The van der Waals surface area contributed by atoms with E-state index in [4.69, 9.17) is 0 Å². The molecule has 0 bridgehead atoms. The lowest BCUT2D eigenvalue weighted by atomic mass is 9.89. The van der Waals surface area contributed by atoms with Gasteiger partial charge in [-0.15, -0.1) is 0 Å². The Hall–Kier alpha value is -1.73. The van der Waals surface area contributed by atoms with Crippen molar-refractivity contribution in [3.63, 3.8) is 0 Å². The topological polar surface area (TPSA) is 74.8 Å². The fraction of sp³-hybridized carbons (Fsp3) is 0.619. The second-order valence-electron chi connectivity index (χ2n) is 7.97. The quantitative estimate of drug-likeness (QED) is 0.645. The van der Waals surface area contributed by atoms with E-state index >= 15 is 0 Å². The van der Waals surface area contributed by atoms with Crippen molar-refractivity contribution in [2.45, 2.75) is 38.5 Å². The highest BCUT2D eigenvalue weighted by Gasteiger charge is 2.22. The molecule has 1 aliphatic carbocycles. The van der Waals surface area contributed by atoms with Crippen LogP contribution in [-0.2, 0) is 27.5 Å². The third-order valence-corrected chi connectivity index (χ3v) is 6.66. The number of hydrogen-bond acceptors (Lipinski definition) is 5. The zero-order valence-electron chi connectivity index (χ0n) is 16.7. The Morgan fingerprint density at radius 2 is 1.64 bits per heavy atom. The highest BCUT2D eigenvalue weighted by molar-refractivity contribution is 7.90. The summed E-state index contributed by atoms with van der Waals surface area (Å²) in [6.45, 7) is 3.06. The van der Waals surface area contributed by atoms with Gasteiger partial charge in [0, 0.05) is 57.4 Å². The summed E-state index contributed by atoms with van der Waals surface area (Å²) in [5, 5.41) is 0. The average Bonchev–Trinajstić information content (AvgIpc) is 2.69. The van der Waals surface area contributed by atoms with Crippen molar-refractivity contribution < 1.29 is 18.0 Å². The molecule has 6 nitrogen and oxygen atoms in total. The van der Waals surface area contributed by atoms with Crippen LogP contribution in [0.5, 0.6) is 0 Å². The van der Waals surface area contributed by atoms with Crippen molar-refractivity contribution in [3.05, 3.63) is 34.9 Å². The van der Waals surface area contributed by atoms with Gasteiger partial charge in [-0.1, -0.05) is 12.1 Å². The molecular formula is C21H30N2O4S. The SMILES string of the molecule is CS(=O)(=O)CCN1CCN(C(=O)CCC(=O)c2ccc3c(c2)CCCC3)CC1. The van der Waals surface area contributed by atoms with Crippen molar-refractivity contribution in [1.29, 1.82) is 0 Å². The van der Waals surface area contributed by atoms with Crippen LogP contribution < -0.4 is 0 Å². The lowest BCUT2D eigenvalue weighted by Gasteiger charge is -2.34. The molecule has 0 atom stereocenters. The molecule has 1 fully saturated rings. The number of Topliss-reactive ketones (excluding diaryl/α,β-unsaturated/α-hetero) is 1. The smallest absolute Gasteiger partial charge is 0.223 e. The van der Waals surface area contributed by atoms with Crippen LogP contribution in [0.25, 0.3) is 0 Å². The normalized spacial score (nSPS) is 18.0.